The third-order valence-electron chi connectivity index (χ3n) is 2.80. The minimum Gasteiger partial charge on any atom is -0.147 e. The Balaban J connectivity index is -0.000000270. The SMILES string of the molecule is Cl.Cl.Cl.Cl.Cl.Cl.Clc1c2ccccc2c(Cl)c2ccccc12. The van der Waals surface area contributed by atoms with Crippen LogP contribution in [0.3, 0.4) is 0 Å². The van der Waals surface area contributed by atoms with E-state index in [1.165, 1.54) is 0 Å². The summed E-state index contributed by atoms with van der Waals surface area (Å²) < 4.78 is 0. The van der Waals surface area contributed by atoms with Crippen LogP contribution in [0.4, 0.5) is 0 Å². The van der Waals surface area contributed by atoms with E-state index in [1.807, 2.05) is 48.5 Å². The van der Waals surface area contributed by atoms with Gasteiger partial charge in [0.05, 0.1) is 10.0 Å². The molecule has 3 aromatic carbocycles. The lowest BCUT2D eigenvalue weighted by Crippen LogP contribution is -1.81. The fourth-order valence-corrected chi connectivity index (χ4v) is 2.68. The third-order valence-corrected chi connectivity index (χ3v) is 3.61. The normalized spacial score (nSPS) is 8.09. The molecule has 3 aromatic rings. The molecule has 0 saturated carbocycles. The summed E-state index contributed by atoms with van der Waals surface area (Å²) in [7, 11) is 0. The van der Waals surface area contributed by atoms with Crippen molar-refractivity contribution in [3.8, 4) is 0 Å². The Bertz CT molecular complexity index is 582. The molecule has 0 aliphatic rings. The molecule has 126 valence electrons. The second kappa shape index (κ2) is 12.9. The highest BCUT2D eigenvalue weighted by molar-refractivity contribution is 6.47. The first-order valence-corrected chi connectivity index (χ1v) is 5.79. The van der Waals surface area contributed by atoms with Crippen molar-refractivity contribution < 1.29 is 0 Å². The van der Waals surface area contributed by atoms with Gasteiger partial charge in [0.1, 0.15) is 0 Å². The average Bonchev–Trinajstić information content (AvgIpc) is 2.36. The molecule has 0 aliphatic heterocycles. The van der Waals surface area contributed by atoms with Crippen LogP contribution in [0.25, 0.3) is 21.5 Å². The molecule has 0 bridgehead atoms. The van der Waals surface area contributed by atoms with E-state index in [0.717, 1.165) is 31.6 Å². The van der Waals surface area contributed by atoms with Crippen molar-refractivity contribution in [1.29, 1.82) is 0 Å². The highest BCUT2D eigenvalue weighted by Crippen LogP contribution is 2.38. The van der Waals surface area contributed by atoms with Crippen molar-refractivity contribution in [3.63, 3.8) is 0 Å². The second-order valence-corrected chi connectivity index (χ2v) is 4.48. The molecule has 0 amide bonds. The van der Waals surface area contributed by atoms with Crippen LogP contribution in [0.1, 0.15) is 0 Å². The monoisotopic (exact) mass is 462 g/mol. The molecule has 22 heavy (non-hydrogen) atoms. The van der Waals surface area contributed by atoms with E-state index in [1.54, 1.807) is 0 Å². The summed E-state index contributed by atoms with van der Waals surface area (Å²) in [5, 5.41) is 5.58. The molecule has 0 nitrogen and oxygen atoms in total. The van der Waals surface area contributed by atoms with Gasteiger partial charge in [-0.3, -0.25) is 0 Å². The first kappa shape index (κ1) is 30.4. The zero-order chi connectivity index (χ0) is 11.1. The predicted molar refractivity (Wildman–Crippen MR) is 115 cm³/mol. The quantitative estimate of drug-likeness (QED) is 0.297. The molecular weight excluding hydrogens is 452 g/mol. The van der Waals surface area contributed by atoms with Crippen LogP contribution in [-0.2, 0) is 0 Å². The maximum Gasteiger partial charge on any atom is 0.0563 e. The Kier molecular flexibility index (Phi) is 17.8. The fraction of sp³-hybridized carbons (Fsp3) is 0. The van der Waals surface area contributed by atoms with Crippen LogP contribution in [-0.4, -0.2) is 0 Å². The second-order valence-electron chi connectivity index (χ2n) is 3.72. The largest absolute Gasteiger partial charge is 0.147 e. The maximum absolute atomic E-state index is 6.39. The van der Waals surface area contributed by atoms with Crippen molar-refractivity contribution in [1.82, 2.24) is 0 Å². The lowest BCUT2D eigenvalue weighted by atomic mass is 10.0. The number of fused-ring (bicyclic) bond motifs is 2. The number of hydrogen-bond donors (Lipinski definition) is 0. The van der Waals surface area contributed by atoms with Gasteiger partial charge in [0, 0.05) is 21.5 Å². The van der Waals surface area contributed by atoms with Gasteiger partial charge in [0.25, 0.3) is 0 Å². The topological polar surface area (TPSA) is 0 Å². The van der Waals surface area contributed by atoms with E-state index in [2.05, 4.69) is 0 Å². The van der Waals surface area contributed by atoms with Gasteiger partial charge in [-0.05, 0) is 0 Å². The Labute approximate surface area is 176 Å². The molecule has 0 radical (unpaired) electrons. The summed E-state index contributed by atoms with van der Waals surface area (Å²) in [6, 6.07) is 15.9. The molecule has 0 fully saturated rings. The van der Waals surface area contributed by atoms with Crippen LogP contribution >= 0.6 is 97.6 Å². The smallest absolute Gasteiger partial charge is 0.0563 e. The van der Waals surface area contributed by atoms with Crippen molar-refractivity contribution in [2.45, 2.75) is 0 Å². The predicted octanol–water partition coefficient (Wildman–Crippen LogP) is 7.83. The van der Waals surface area contributed by atoms with Gasteiger partial charge in [-0.25, -0.2) is 0 Å². The summed E-state index contributed by atoms with van der Waals surface area (Å²) in [5.41, 5.74) is 0. The summed E-state index contributed by atoms with van der Waals surface area (Å²) >= 11 is 12.8. The highest BCUT2D eigenvalue weighted by Gasteiger charge is 2.09. The molecule has 0 spiro atoms. The zero-order valence-corrected chi connectivity index (χ0v) is 17.2. The molecule has 0 heterocycles. The Morgan fingerprint density at radius 3 is 0.773 bits per heavy atom. The van der Waals surface area contributed by atoms with Crippen LogP contribution in [0, 0.1) is 0 Å². The first-order chi connectivity index (χ1) is 7.79. The van der Waals surface area contributed by atoms with E-state index in [-0.39, 0.29) is 74.4 Å². The van der Waals surface area contributed by atoms with Gasteiger partial charge in [-0.2, -0.15) is 0 Å². The molecule has 0 saturated heterocycles. The minimum atomic E-state index is 0. The number of halogens is 8. The van der Waals surface area contributed by atoms with Crippen LogP contribution < -0.4 is 0 Å². The number of benzene rings is 3. The molecule has 0 aromatic heterocycles. The fourth-order valence-electron chi connectivity index (χ4n) is 2.02. The molecule has 8 heteroatoms. The Hall–Kier alpha value is 0.500. The number of rotatable bonds is 0. The molecule has 0 atom stereocenters. The Morgan fingerprint density at radius 1 is 0.409 bits per heavy atom. The van der Waals surface area contributed by atoms with Crippen LogP contribution in [0.15, 0.2) is 48.5 Å². The lowest BCUT2D eigenvalue weighted by molar-refractivity contribution is 1.76. The molecule has 3 rings (SSSR count). The summed E-state index contributed by atoms with van der Waals surface area (Å²) in [4.78, 5) is 0. The molecule has 0 N–H and O–H groups in total. The van der Waals surface area contributed by atoms with E-state index in [0.29, 0.717) is 0 Å². The standard InChI is InChI=1S/C14H8Cl2.6ClH/c15-13-9-5-1-2-6-10(9)14(16)12-8-4-3-7-11(12)13;;;;;;/h1-8H;6*1H. The summed E-state index contributed by atoms with van der Waals surface area (Å²) in [5.74, 6) is 0. The first-order valence-electron chi connectivity index (χ1n) is 5.03. The van der Waals surface area contributed by atoms with E-state index in [4.69, 9.17) is 23.2 Å². The minimum absolute atomic E-state index is 0. The zero-order valence-electron chi connectivity index (χ0n) is 10.8. The van der Waals surface area contributed by atoms with Gasteiger partial charge in [-0.15, -0.1) is 74.4 Å². The van der Waals surface area contributed by atoms with Crippen molar-refractivity contribution in [3.05, 3.63) is 58.6 Å². The van der Waals surface area contributed by atoms with Crippen molar-refractivity contribution >= 4 is 119 Å². The molecule has 0 aliphatic carbocycles. The van der Waals surface area contributed by atoms with E-state index in [9.17, 15) is 0 Å². The van der Waals surface area contributed by atoms with Gasteiger partial charge in [0.2, 0.25) is 0 Å². The lowest BCUT2D eigenvalue weighted by Gasteiger charge is -2.08. The summed E-state index contributed by atoms with van der Waals surface area (Å²) in [6.07, 6.45) is 0. The van der Waals surface area contributed by atoms with Crippen molar-refractivity contribution in [2.24, 2.45) is 0 Å². The maximum atomic E-state index is 6.39. The van der Waals surface area contributed by atoms with Gasteiger partial charge in [0.15, 0.2) is 0 Å². The van der Waals surface area contributed by atoms with Gasteiger partial charge in [-0.1, -0.05) is 71.7 Å². The number of hydrogen-bond acceptors (Lipinski definition) is 0. The van der Waals surface area contributed by atoms with E-state index >= 15 is 0 Å². The summed E-state index contributed by atoms with van der Waals surface area (Å²) in [6.45, 7) is 0. The van der Waals surface area contributed by atoms with E-state index < -0.39 is 0 Å². The molecular formula is C14H14Cl8. The highest BCUT2D eigenvalue weighted by atomic mass is 35.5. The third kappa shape index (κ3) is 5.26. The average molecular weight is 466 g/mol. The van der Waals surface area contributed by atoms with Gasteiger partial charge >= 0.3 is 0 Å². The Morgan fingerprint density at radius 2 is 0.591 bits per heavy atom. The van der Waals surface area contributed by atoms with Crippen LogP contribution in [0.5, 0.6) is 0 Å². The van der Waals surface area contributed by atoms with Gasteiger partial charge < -0.3 is 0 Å². The molecule has 0 unspecified atom stereocenters. The van der Waals surface area contributed by atoms with Crippen molar-refractivity contribution in [2.75, 3.05) is 0 Å². The van der Waals surface area contributed by atoms with Crippen LogP contribution in [0.2, 0.25) is 10.0 Å².